The highest BCUT2D eigenvalue weighted by atomic mass is 32.2. The SMILES string of the molecule is NCc1ccc(N)c2c1SCCC2=O. The third-order valence-electron chi connectivity index (χ3n) is 2.35. The minimum atomic E-state index is 0.145. The summed E-state index contributed by atoms with van der Waals surface area (Å²) in [6, 6.07) is 3.67. The van der Waals surface area contributed by atoms with Crippen molar-refractivity contribution in [2.45, 2.75) is 17.9 Å². The molecule has 4 heteroatoms. The Bertz CT molecular complexity index is 390. The Balaban J connectivity index is 2.63. The molecule has 74 valence electrons. The summed E-state index contributed by atoms with van der Waals surface area (Å²) in [6.07, 6.45) is 0.579. The first-order valence-corrected chi connectivity index (χ1v) is 5.50. The topological polar surface area (TPSA) is 69.1 Å². The molecule has 3 nitrogen and oxygen atoms in total. The number of hydrogen-bond donors (Lipinski definition) is 2. The molecule has 0 saturated heterocycles. The normalized spacial score (nSPS) is 15.4. The molecule has 0 fully saturated rings. The molecular weight excluding hydrogens is 196 g/mol. The Labute approximate surface area is 86.8 Å². The minimum Gasteiger partial charge on any atom is -0.398 e. The summed E-state index contributed by atoms with van der Waals surface area (Å²) in [5.74, 6) is 0.981. The summed E-state index contributed by atoms with van der Waals surface area (Å²) in [6.45, 7) is 0.461. The fourth-order valence-corrected chi connectivity index (χ4v) is 2.83. The van der Waals surface area contributed by atoms with E-state index in [0.717, 1.165) is 16.2 Å². The van der Waals surface area contributed by atoms with Crippen LogP contribution in [-0.2, 0) is 6.54 Å². The predicted octanol–water partition coefficient (Wildman–Crippen LogP) is 1.41. The van der Waals surface area contributed by atoms with E-state index in [-0.39, 0.29) is 5.78 Å². The first-order chi connectivity index (χ1) is 6.74. The lowest BCUT2D eigenvalue weighted by molar-refractivity contribution is 0.0985. The molecule has 14 heavy (non-hydrogen) atoms. The standard InChI is InChI=1S/C10H12N2OS/c11-5-6-1-2-7(12)9-8(13)3-4-14-10(6)9/h1-2H,3-5,11-12H2. The van der Waals surface area contributed by atoms with Gasteiger partial charge in [0.1, 0.15) is 0 Å². The quantitative estimate of drug-likeness (QED) is 0.684. The third kappa shape index (κ3) is 1.40. The lowest BCUT2D eigenvalue weighted by Gasteiger charge is -2.18. The summed E-state index contributed by atoms with van der Waals surface area (Å²) in [7, 11) is 0. The number of nitrogens with two attached hydrogens (primary N) is 2. The van der Waals surface area contributed by atoms with Gasteiger partial charge in [-0.25, -0.2) is 0 Å². The van der Waals surface area contributed by atoms with Crippen LogP contribution in [-0.4, -0.2) is 11.5 Å². The molecule has 0 unspecified atom stereocenters. The largest absolute Gasteiger partial charge is 0.398 e. The number of benzene rings is 1. The van der Waals surface area contributed by atoms with Crippen molar-refractivity contribution in [2.75, 3.05) is 11.5 Å². The van der Waals surface area contributed by atoms with Gasteiger partial charge in [-0.1, -0.05) is 6.07 Å². The van der Waals surface area contributed by atoms with Crippen LogP contribution in [0.5, 0.6) is 0 Å². The van der Waals surface area contributed by atoms with Gasteiger partial charge in [-0.3, -0.25) is 4.79 Å². The molecule has 1 heterocycles. The van der Waals surface area contributed by atoms with Crippen molar-refractivity contribution in [3.05, 3.63) is 23.3 Å². The molecule has 0 aromatic heterocycles. The van der Waals surface area contributed by atoms with Crippen LogP contribution in [0.3, 0.4) is 0 Å². The predicted molar refractivity (Wildman–Crippen MR) is 58.4 cm³/mol. The zero-order valence-corrected chi connectivity index (χ0v) is 8.56. The molecule has 0 aliphatic carbocycles. The van der Waals surface area contributed by atoms with Crippen molar-refractivity contribution < 1.29 is 4.79 Å². The maximum Gasteiger partial charge on any atom is 0.166 e. The molecule has 0 saturated carbocycles. The van der Waals surface area contributed by atoms with Crippen LogP contribution in [0, 0.1) is 0 Å². The number of thioether (sulfide) groups is 1. The molecule has 2 rings (SSSR count). The summed E-state index contributed by atoms with van der Waals surface area (Å²) in [5.41, 5.74) is 13.7. The van der Waals surface area contributed by atoms with E-state index in [0.29, 0.717) is 24.2 Å². The van der Waals surface area contributed by atoms with Gasteiger partial charge in [0.25, 0.3) is 0 Å². The number of nitrogen functional groups attached to an aromatic ring is 1. The van der Waals surface area contributed by atoms with Crippen LogP contribution in [0.15, 0.2) is 17.0 Å². The molecule has 0 spiro atoms. The van der Waals surface area contributed by atoms with Crippen molar-refractivity contribution in [1.29, 1.82) is 0 Å². The Morgan fingerprint density at radius 3 is 2.93 bits per heavy atom. The highest BCUT2D eigenvalue weighted by Crippen LogP contribution is 2.36. The van der Waals surface area contributed by atoms with Crippen molar-refractivity contribution in [2.24, 2.45) is 5.73 Å². The Morgan fingerprint density at radius 2 is 2.21 bits per heavy atom. The van der Waals surface area contributed by atoms with E-state index in [1.165, 1.54) is 0 Å². The van der Waals surface area contributed by atoms with E-state index in [1.807, 2.05) is 6.07 Å². The maximum atomic E-state index is 11.6. The minimum absolute atomic E-state index is 0.145. The zero-order valence-electron chi connectivity index (χ0n) is 7.75. The second-order valence-electron chi connectivity index (χ2n) is 3.24. The van der Waals surface area contributed by atoms with Gasteiger partial charge < -0.3 is 11.5 Å². The highest BCUT2D eigenvalue weighted by Gasteiger charge is 2.22. The lowest BCUT2D eigenvalue weighted by Crippen LogP contribution is -2.14. The van der Waals surface area contributed by atoms with Crippen LogP contribution < -0.4 is 11.5 Å². The Morgan fingerprint density at radius 1 is 1.43 bits per heavy atom. The fraction of sp³-hybridized carbons (Fsp3) is 0.300. The monoisotopic (exact) mass is 208 g/mol. The molecule has 0 radical (unpaired) electrons. The molecule has 1 aliphatic heterocycles. The molecule has 1 aliphatic rings. The number of fused-ring (bicyclic) bond motifs is 1. The van der Waals surface area contributed by atoms with Gasteiger partial charge in [-0.2, -0.15) is 0 Å². The second kappa shape index (κ2) is 3.63. The molecule has 0 amide bonds. The fourth-order valence-electron chi connectivity index (χ4n) is 1.63. The lowest BCUT2D eigenvalue weighted by atomic mass is 10.0. The molecular formula is C10H12N2OS. The number of anilines is 1. The van der Waals surface area contributed by atoms with Crippen molar-refractivity contribution >= 4 is 23.2 Å². The van der Waals surface area contributed by atoms with E-state index >= 15 is 0 Å². The summed E-state index contributed by atoms with van der Waals surface area (Å²) >= 11 is 1.68. The third-order valence-corrected chi connectivity index (χ3v) is 3.51. The number of carbonyl (C=O) groups excluding carboxylic acids is 1. The van der Waals surface area contributed by atoms with Gasteiger partial charge in [0, 0.05) is 29.3 Å². The Kier molecular flexibility index (Phi) is 2.48. The van der Waals surface area contributed by atoms with Crippen molar-refractivity contribution in [3.63, 3.8) is 0 Å². The summed E-state index contributed by atoms with van der Waals surface area (Å²) in [4.78, 5) is 12.6. The van der Waals surface area contributed by atoms with Crippen LogP contribution in [0.1, 0.15) is 22.3 Å². The van der Waals surface area contributed by atoms with Crippen LogP contribution in [0.25, 0.3) is 0 Å². The number of rotatable bonds is 1. The van der Waals surface area contributed by atoms with Gasteiger partial charge in [-0.05, 0) is 11.6 Å². The average molecular weight is 208 g/mol. The maximum absolute atomic E-state index is 11.6. The number of Topliss-reactive ketones (excluding diaryl/α,β-unsaturated/α-hetero) is 1. The first-order valence-electron chi connectivity index (χ1n) is 4.51. The van der Waals surface area contributed by atoms with E-state index in [2.05, 4.69) is 0 Å². The highest BCUT2D eigenvalue weighted by molar-refractivity contribution is 7.99. The first kappa shape index (κ1) is 9.55. The molecule has 4 N–H and O–H groups in total. The molecule has 0 bridgehead atoms. The smallest absolute Gasteiger partial charge is 0.166 e. The van der Waals surface area contributed by atoms with E-state index in [1.54, 1.807) is 17.8 Å². The zero-order chi connectivity index (χ0) is 10.1. The van der Waals surface area contributed by atoms with Gasteiger partial charge in [0.15, 0.2) is 5.78 Å². The number of hydrogen-bond acceptors (Lipinski definition) is 4. The van der Waals surface area contributed by atoms with Gasteiger partial charge in [0.05, 0.1) is 5.56 Å². The number of carbonyl (C=O) groups is 1. The molecule has 1 aromatic rings. The van der Waals surface area contributed by atoms with Crippen molar-refractivity contribution in [3.8, 4) is 0 Å². The summed E-state index contributed by atoms with van der Waals surface area (Å²) < 4.78 is 0. The van der Waals surface area contributed by atoms with Gasteiger partial charge in [-0.15, -0.1) is 11.8 Å². The van der Waals surface area contributed by atoms with Crippen LogP contribution in [0.2, 0.25) is 0 Å². The summed E-state index contributed by atoms with van der Waals surface area (Å²) in [5, 5.41) is 0. The Hall–Kier alpha value is -1.00. The average Bonchev–Trinajstić information content (AvgIpc) is 2.18. The van der Waals surface area contributed by atoms with E-state index < -0.39 is 0 Å². The van der Waals surface area contributed by atoms with Crippen LogP contribution >= 0.6 is 11.8 Å². The van der Waals surface area contributed by atoms with Gasteiger partial charge >= 0.3 is 0 Å². The van der Waals surface area contributed by atoms with Crippen LogP contribution in [0.4, 0.5) is 5.69 Å². The van der Waals surface area contributed by atoms with E-state index in [4.69, 9.17) is 11.5 Å². The number of ketones is 1. The second-order valence-corrected chi connectivity index (χ2v) is 4.35. The molecule has 0 atom stereocenters. The van der Waals surface area contributed by atoms with Gasteiger partial charge in [0.2, 0.25) is 0 Å². The van der Waals surface area contributed by atoms with Crippen molar-refractivity contribution in [1.82, 2.24) is 0 Å². The molecule has 1 aromatic carbocycles. The van der Waals surface area contributed by atoms with E-state index in [9.17, 15) is 4.79 Å².